The maximum Gasteiger partial charge on any atom is 0.260 e. The van der Waals surface area contributed by atoms with Gasteiger partial charge in [0.05, 0.1) is 17.2 Å². The normalized spacial score (nSPS) is 11.4. The zero-order valence-electron chi connectivity index (χ0n) is 17.4. The van der Waals surface area contributed by atoms with Crippen LogP contribution in [0.15, 0.2) is 104 Å². The van der Waals surface area contributed by atoms with Gasteiger partial charge in [-0.3, -0.25) is 9.59 Å². The Morgan fingerprint density at radius 1 is 0.909 bits per heavy atom. The number of amides is 1. The predicted octanol–water partition coefficient (Wildman–Crippen LogP) is 5.33. The number of benzene rings is 3. The summed E-state index contributed by atoms with van der Waals surface area (Å²) in [6, 6.07) is 26.0. The molecular weight excluding hydrogens is 482 g/mol. The maximum absolute atomic E-state index is 12.8. The second-order valence-electron chi connectivity index (χ2n) is 7.45. The Morgan fingerprint density at radius 3 is 2.21 bits per heavy atom. The summed E-state index contributed by atoms with van der Waals surface area (Å²) in [7, 11) is 0. The molecule has 7 heteroatoms. The highest BCUT2D eigenvalue weighted by Crippen LogP contribution is 2.23. The van der Waals surface area contributed by atoms with Gasteiger partial charge in [-0.25, -0.2) is 5.43 Å². The molecular formula is C26H18BrN3O3. The van der Waals surface area contributed by atoms with E-state index in [1.54, 1.807) is 18.2 Å². The van der Waals surface area contributed by atoms with Crippen LogP contribution in [0.1, 0.15) is 5.76 Å². The molecule has 0 fully saturated rings. The summed E-state index contributed by atoms with van der Waals surface area (Å²) < 4.78 is 8.60. The lowest BCUT2D eigenvalue weighted by molar-refractivity contribution is -0.121. The highest BCUT2D eigenvalue weighted by molar-refractivity contribution is 9.10. The number of nitrogens with one attached hydrogen (secondary N) is 1. The number of para-hydroxylation sites is 2. The third kappa shape index (κ3) is 4.23. The van der Waals surface area contributed by atoms with Crippen molar-refractivity contribution in [3.05, 3.63) is 105 Å². The molecule has 0 saturated heterocycles. The van der Waals surface area contributed by atoms with Gasteiger partial charge in [0.25, 0.3) is 5.91 Å². The van der Waals surface area contributed by atoms with Gasteiger partial charge in [0.1, 0.15) is 18.1 Å². The van der Waals surface area contributed by atoms with Crippen LogP contribution in [-0.2, 0) is 11.3 Å². The lowest BCUT2D eigenvalue weighted by Crippen LogP contribution is -2.25. The molecule has 6 nitrogen and oxygen atoms in total. The van der Waals surface area contributed by atoms with Gasteiger partial charge in [0, 0.05) is 20.8 Å². The highest BCUT2D eigenvalue weighted by Gasteiger charge is 2.12. The number of hydrogen-bond donors (Lipinski definition) is 1. The van der Waals surface area contributed by atoms with Crippen molar-refractivity contribution in [1.82, 2.24) is 9.99 Å². The Kier molecular flexibility index (Phi) is 5.62. The Morgan fingerprint density at radius 2 is 1.55 bits per heavy atom. The lowest BCUT2D eigenvalue weighted by atomic mass is 10.1. The number of hydrazone groups is 1. The summed E-state index contributed by atoms with van der Waals surface area (Å²) in [6.07, 6.45) is 1.46. The number of aromatic nitrogens is 1. The van der Waals surface area contributed by atoms with Crippen LogP contribution in [0.3, 0.4) is 0 Å². The molecule has 0 aliphatic rings. The minimum Gasteiger partial charge on any atom is -0.455 e. The van der Waals surface area contributed by atoms with E-state index in [1.807, 2.05) is 71.3 Å². The summed E-state index contributed by atoms with van der Waals surface area (Å²) in [5, 5.41) is 5.18. The van der Waals surface area contributed by atoms with Crippen molar-refractivity contribution in [2.45, 2.75) is 6.54 Å². The van der Waals surface area contributed by atoms with Gasteiger partial charge in [0.2, 0.25) is 0 Å². The standard InChI is InChI=1S/C26H18BrN3O3/c27-18-11-9-17(10-12-18)24-14-13-19(33-24)15-28-29-25(31)16-30-22-7-3-1-5-20(22)26(32)21-6-2-4-8-23(21)30/h1-15H,16H2,(H,29,31)/b28-15-. The van der Waals surface area contributed by atoms with Crippen LogP contribution in [0.5, 0.6) is 0 Å². The molecule has 0 aliphatic carbocycles. The number of carbonyl (C=O) groups excluding carboxylic acids is 1. The van der Waals surface area contributed by atoms with E-state index in [0.717, 1.165) is 10.0 Å². The van der Waals surface area contributed by atoms with E-state index in [4.69, 9.17) is 4.42 Å². The van der Waals surface area contributed by atoms with Crippen LogP contribution in [0.25, 0.3) is 33.1 Å². The van der Waals surface area contributed by atoms with Crippen LogP contribution in [0.4, 0.5) is 0 Å². The van der Waals surface area contributed by atoms with Crippen molar-refractivity contribution in [2.75, 3.05) is 0 Å². The number of hydrogen-bond acceptors (Lipinski definition) is 4. The minimum absolute atomic E-state index is 0.0148. The zero-order valence-corrected chi connectivity index (χ0v) is 19.0. The molecule has 1 N–H and O–H groups in total. The van der Waals surface area contributed by atoms with E-state index in [2.05, 4.69) is 26.5 Å². The van der Waals surface area contributed by atoms with Gasteiger partial charge in [-0.05, 0) is 48.5 Å². The molecule has 0 unspecified atom stereocenters. The first-order valence-electron chi connectivity index (χ1n) is 10.3. The van der Waals surface area contributed by atoms with Gasteiger partial charge in [-0.2, -0.15) is 5.10 Å². The molecule has 0 atom stereocenters. The third-order valence-electron chi connectivity index (χ3n) is 5.32. The second-order valence-corrected chi connectivity index (χ2v) is 8.37. The smallest absolute Gasteiger partial charge is 0.260 e. The fourth-order valence-electron chi connectivity index (χ4n) is 3.79. The van der Waals surface area contributed by atoms with Crippen molar-refractivity contribution < 1.29 is 9.21 Å². The van der Waals surface area contributed by atoms with Crippen LogP contribution in [-0.4, -0.2) is 16.7 Å². The van der Waals surface area contributed by atoms with Crippen molar-refractivity contribution in [2.24, 2.45) is 5.10 Å². The van der Waals surface area contributed by atoms with Crippen molar-refractivity contribution in [3.63, 3.8) is 0 Å². The van der Waals surface area contributed by atoms with E-state index in [1.165, 1.54) is 6.21 Å². The lowest BCUT2D eigenvalue weighted by Gasteiger charge is -2.14. The molecule has 0 radical (unpaired) electrons. The molecule has 2 heterocycles. The zero-order chi connectivity index (χ0) is 22.8. The van der Waals surface area contributed by atoms with Crippen molar-refractivity contribution in [1.29, 1.82) is 0 Å². The van der Waals surface area contributed by atoms with Crippen LogP contribution < -0.4 is 10.9 Å². The molecule has 5 rings (SSSR count). The summed E-state index contributed by atoms with van der Waals surface area (Å²) in [4.78, 5) is 25.5. The van der Waals surface area contributed by atoms with Crippen LogP contribution >= 0.6 is 15.9 Å². The van der Waals surface area contributed by atoms with Gasteiger partial charge in [-0.1, -0.05) is 52.3 Å². The van der Waals surface area contributed by atoms with Gasteiger partial charge in [-0.15, -0.1) is 0 Å². The fourth-order valence-corrected chi connectivity index (χ4v) is 4.05. The fraction of sp³-hybridized carbons (Fsp3) is 0.0385. The second kappa shape index (κ2) is 8.88. The summed E-state index contributed by atoms with van der Waals surface area (Å²) >= 11 is 3.42. The molecule has 0 aliphatic heterocycles. The molecule has 162 valence electrons. The minimum atomic E-state index is -0.315. The van der Waals surface area contributed by atoms with E-state index >= 15 is 0 Å². The van der Waals surface area contributed by atoms with Gasteiger partial charge in [0.15, 0.2) is 5.43 Å². The quantitative estimate of drug-likeness (QED) is 0.202. The molecule has 3 aromatic carbocycles. The van der Waals surface area contributed by atoms with Gasteiger partial charge < -0.3 is 8.98 Å². The van der Waals surface area contributed by atoms with Crippen molar-refractivity contribution in [3.8, 4) is 11.3 Å². The first-order valence-corrected chi connectivity index (χ1v) is 11.1. The average molecular weight is 500 g/mol. The highest BCUT2D eigenvalue weighted by atomic mass is 79.9. The number of halogens is 1. The number of fused-ring (bicyclic) bond motifs is 2. The average Bonchev–Trinajstić information content (AvgIpc) is 3.31. The SMILES string of the molecule is O=C(Cn1c2ccccc2c(=O)c2ccccc21)N/N=C\c1ccc(-c2ccc(Br)cc2)o1. The molecule has 0 bridgehead atoms. The third-order valence-corrected chi connectivity index (χ3v) is 5.85. The largest absolute Gasteiger partial charge is 0.455 e. The maximum atomic E-state index is 12.8. The summed E-state index contributed by atoms with van der Waals surface area (Å²) in [5.41, 5.74) is 4.84. The molecule has 2 aromatic heterocycles. The molecule has 5 aromatic rings. The van der Waals surface area contributed by atoms with Crippen LogP contribution in [0.2, 0.25) is 0 Å². The molecule has 1 amide bonds. The predicted molar refractivity (Wildman–Crippen MR) is 133 cm³/mol. The Bertz CT molecular complexity index is 1510. The Labute approximate surface area is 197 Å². The number of nitrogens with zero attached hydrogens (tertiary/aromatic N) is 2. The molecule has 33 heavy (non-hydrogen) atoms. The van der Waals surface area contributed by atoms with E-state index in [-0.39, 0.29) is 17.9 Å². The monoisotopic (exact) mass is 499 g/mol. The van der Waals surface area contributed by atoms with Crippen molar-refractivity contribution >= 4 is 49.9 Å². The topological polar surface area (TPSA) is 76.6 Å². The Hall–Kier alpha value is -3.97. The first-order chi connectivity index (χ1) is 16.1. The summed E-state index contributed by atoms with van der Waals surface area (Å²) in [6.45, 7) is 0.0148. The van der Waals surface area contributed by atoms with E-state index in [9.17, 15) is 9.59 Å². The van der Waals surface area contributed by atoms with E-state index in [0.29, 0.717) is 33.3 Å². The number of furan rings is 1. The van der Waals surface area contributed by atoms with E-state index < -0.39 is 0 Å². The molecule has 0 saturated carbocycles. The van der Waals surface area contributed by atoms with Crippen LogP contribution in [0, 0.1) is 0 Å². The molecule has 0 spiro atoms. The van der Waals surface area contributed by atoms with Gasteiger partial charge >= 0.3 is 0 Å². The number of pyridine rings is 1. The first kappa shape index (κ1) is 20.9. The summed E-state index contributed by atoms with van der Waals surface area (Å²) in [5.74, 6) is 0.916. The Balaban J connectivity index is 1.36. The number of rotatable bonds is 5. The number of carbonyl (C=O) groups is 1.